The lowest BCUT2D eigenvalue weighted by Gasteiger charge is -2.22. The molecule has 21 heavy (non-hydrogen) atoms. The fourth-order valence-electron chi connectivity index (χ4n) is 2.30. The Morgan fingerprint density at radius 3 is 2.81 bits per heavy atom. The van der Waals surface area contributed by atoms with Gasteiger partial charge < -0.3 is 14.8 Å². The Morgan fingerprint density at radius 2 is 2.10 bits per heavy atom. The van der Waals surface area contributed by atoms with Gasteiger partial charge in [0.1, 0.15) is 0 Å². The van der Waals surface area contributed by atoms with E-state index < -0.39 is 0 Å². The molecule has 4 heteroatoms. The molecule has 1 N–H and O–H groups in total. The predicted octanol–water partition coefficient (Wildman–Crippen LogP) is 3.06. The normalized spacial score (nSPS) is 19.7. The molecule has 0 spiro atoms. The summed E-state index contributed by atoms with van der Waals surface area (Å²) in [5.74, 6) is 0. The van der Waals surface area contributed by atoms with Gasteiger partial charge in [-0.05, 0) is 52.2 Å². The summed E-state index contributed by atoms with van der Waals surface area (Å²) in [6.45, 7) is 9.36. The highest BCUT2D eigenvalue weighted by molar-refractivity contribution is 5.10. The van der Waals surface area contributed by atoms with Crippen LogP contribution in [-0.4, -0.2) is 29.8 Å². The number of nitrogens with zero attached hydrogens (tertiary/aromatic N) is 1. The number of nitrogens with one attached hydrogen (secondary N) is 1. The van der Waals surface area contributed by atoms with Crippen molar-refractivity contribution >= 4 is 0 Å². The van der Waals surface area contributed by atoms with Crippen LogP contribution in [0.4, 0.5) is 0 Å². The maximum absolute atomic E-state index is 5.75. The van der Waals surface area contributed by atoms with Crippen LogP contribution < -0.4 is 5.32 Å². The lowest BCUT2D eigenvalue weighted by atomic mass is 10.1. The summed E-state index contributed by atoms with van der Waals surface area (Å²) in [6.07, 6.45) is 3.81. The van der Waals surface area contributed by atoms with Gasteiger partial charge in [0, 0.05) is 18.7 Å². The third-order valence-corrected chi connectivity index (χ3v) is 3.49. The molecule has 0 saturated carbocycles. The van der Waals surface area contributed by atoms with Gasteiger partial charge in [-0.15, -0.1) is 0 Å². The molecule has 0 radical (unpaired) electrons. The molecule has 4 nitrogen and oxygen atoms in total. The molecule has 1 aliphatic rings. The minimum absolute atomic E-state index is 0.104. The van der Waals surface area contributed by atoms with Crippen LogP contribution in [0.5, 0.6) is 0 Å². The Bertz CT molecular complexity index is 423. The van der Waals surface area contributed by atoms with Crippen molar-refractivity contribution in [3.63, 3.8) is 0 Å². The second kappa shape index (κ2) is 7.87. The van der Waals surface area contributed by atoms with Gasteiger partial charge in [0.15, 0.2) is 0 Å². The lowest BCUT2D eigenvalue weighted by Crippen LogP contribution is -2.35. The molecule has 0 bridgehead atoms. The zero-order valence-electron chi connectivity index (χ0n) is 13.5. The third-order valence-electron chi connectivity index (χ3n) is 3.49. The monoisotopic (exact) mass is 292 g/mol. The van der Waals surface area contributed by atoms with E-state index >= 15 is 0 Å². The van der Waals surface area contributed by atoms with Crippen LogP contribution in [0.3, 0.4) is 0 Å². The van der Waals surface area contributed by atoms with Gasteiger partial charge in [0.2, 0.25) is 0 Å². The van der Waals surface area contributed by atoms with Gasteiger partial charge in [-0.3, -0.25) is 4.98 Å². The summed E-state index contributed by atoms with van der Waals surface area (Å²) < 4.78 is 11.4. The van der Waals surface area contributed by atoms with Gasteiger partial charge in [0.05, 0.1) is 30.7 Å². The standard InChI is InChI=1S/C17H28N2O2/c1-17(2,3)18-11-14-7-6-8-15(19-14)12-20-13-16-9-4-5-10-21-16/h6-8,16,18H,4-5,9-13H2,1-3H3. The van der Waals surface area contributed by atoms with Gasteiger partial charge in [0.25, 0.3) is 0 Å². The van der Waals surface area contributed by atoms with Crippen molar-refractivity contribution in [1.82, 2.24) is 10.3 Å². The van der Waals surface area contributed by atoms with Crippen LogP contribution in [-0.2, 0) is 22.6 Å². The predicted molar refractivity (Wildman–Crippen MR) is 84.1 cm³/mol. The van der Waals surface area contributed by atoms with Crippen molar-refractivity contribution in [2.45, 2.75) is 64.8 Å². The molecular formula is C17H28N2O2. The second-order valence-electron chi connectivity index (χ2n) is 6.73. The number of hydrogen-bond acceptors (Lipinski definition) is 4. The Labute approximate surface area is 128 Å². The summed E-state index contributed by atoms with van der Waals surface area (Å²) in [6, 6.07) is 6.11. The molecule has 1 unspecified atom stereocenters. The van der Waals surface area contributed by atoms with Crippen molar-refractivity contribution in [3.8, 4) is 0 Å². The van der Waals surface area contributed by atoms with Crippen molar-refractivity contribution in [1.29, 1.82) is 0 Å². The molecule has 1 fully saturated rings. The maximum Gasteiger partial charge on any atom is 0.0889 e. The first kappa shape index (κ1) is 16.4. The maximum atomic E-state index is 5.75. The molecule has 0 amide bonds. The van der Waals surface area contributed by atoms with Crippen LogP contribution in [0.2, 0.25) is 0 Å². The highest BCUT2D eigenvalue weighted by Crippen LogP contribution is 2.13. The average Bonchev–Trinajstić information content (AvgIpc) is 2.46. The SMILES string of the molecule is CC(C)(C)NCc1cccc(COCC2CCCCO2)n1. The molecule has 0 aliphatic carbocycles. The minimum Gasteiger partial charge on any atom is -0.376 e. The molecule has 1 saturated heterocycles. The van der Waals surface area contributed by atoms with E-state index in [4.69, 9.17) is 9.47 Å². The van der Waals surface area contributed by atoms with Gasteiger partial charge >= 0.3 is 0 Å². The highest BCUT2D eigenvalue weighted by atomic mass is 16.5. The van der Waals surface area contributed by atoms with Crippen LogP contribution in [0.25, 0.3) is 0 Å². The average molecular weight is 292 g/mol. The second-order valence-corrected chi connectivity index (χ2v) is 6.73. The molecule has 2 rings (SSSR count). The van der Waals surface area contributed by atoms with Crippen LogP contribution in [0.15, 0.2) is 18.2 Å². The van der Waals surface area contributed by atoms with Gasteiger partial charge in [-0.1, -0.05) is 6.07 Å². The summed E-state index contributed by atoms with van der Waals surface area (Å²) in [5.41, 5.74) is 2.14. The van der Waals surface area contributed by atoms with E-state index in [1.54, 1.807) is 0 Å². The number of aromatic nitrogens is 1. The van der Waals surface area contributed by atoms with E-state index in [2.05, 4.69) is 31.1 Å². The topological polar surface area (TPSA) is 43.4 Å². The third kappa shape index (κ3) is 6.55. The minimum atomic E-state index is 0.104. The van der Waals surface area contributed by atoms with Crippen molar-refractivity contribution in [3.05, 3.63) is 29.6 Å². The Kier molecular flexibility index (Phi) is 6.15. The van der Waals surface area contributed by atoms with Crippen LogP contribution in [0, 0.1) is 0 Å². The zero-order valence-corrected chi connectivity index (χ0v) is 13.5. The summed E-state index contributed by atoms with van der Waals surface area (Å²) in [7, 11) is 0. The van der Waals surface area contributed by atoms with Crippen molar-refractivity contribution < 1.29 is 9.47 Å². The van der Waals surface area contributed by atoms with E-state index in [0.717, 1.165) is 31.0 Å². The number of hydrogen-bond donors (Lipinski definition) is 1. The van der Waals surface area contributed by atoms with Crippen molar-refractivity contribution in [2.24, 2.45) is 0 Å². The molecule has 1 aromatic rings. The molecule has 1 atom stereocenters. The van der Waals surface area contributed by atoms with Gasteiger partial charge in [-0.25, -0.2) is 0 Å². The Morgan fingerprint density at radius 1 is 1.29 bits per heavy atom. The molecule has 2 heterocycles. The molecule has 0 aromatic carbocycles. The van der Waals surface area contributed by atoms with E-state index in [1.807, 2.05) is 18.2 Å². The number of rotatable bonds is 6. The number of pyridine rings is 1. The molecular weight excluding hydrogens is 264 g/mol. The highest BCUT2D eigenvalue weighted by Gasteiger charge is 2.14. The quantitative estimate of drug-likeness (QED) is 0.875. The first-order valence-corrected chi connectivity index (χ1v) is 7.92. The summed E-state index contributed by atoms with van der Waals surface area (Å²) in [4.78, 5) is 4.63. The van der Waals surface area contributed by atoms with Crippen LogP contribution >= 0.6 is 0 Å². The van der Waals surface area contributed by atoms with E-state index in [9.17, 15) is 0 Å². The first-order chi connectivity index (χ1) is 10.0. The summed E-state index contributed by atoms with van der Waals surface area (Å²) in [5, 5.41) is 3.45. The summed E-state index contributed by atoms with van der Waals surface area (Å²) >= 11 is 0. The zero-order chi connectivity index (χ0) is 15.1. The smallest absolute Gasteiger partial charge is 0.0889 e. The van der Waals surface area contributed by atoms with E-state index in [-0.39, 0.29) is 11.6 Å². The number of ether oxygens (including phenoxy) is 2. The molecule has 1 aliphatic heterocycles. The molecule has 118 valence electrons. The lowest BCUT2D eigenvalue weighted by molar-refractivity contribution is -0.0452. The fourth-order valence-corrected chi connectivity index (χ4v) is 2.30. The molecule has 1 aromatic heterocycles. The Balaban J connectivity index is 1.75. The van der Waals surface area contributed by atoms with E-state index in [0.29, 0.717) is 13.2 Å². The van der Waals surface area contributed by atoms with Gasteiger partial charge in [-0.2, -0.15) is 0 Å². The van der Waals surface area contributed by atoms with E-state index in [1.165, 1.54) is 12.8 Å². The Hall–Kier alpha value is -0.970. The van der Waals surface area contributed by atoms with Crippen molar-refractivity contribution in [2.75, 3.05) is 13.2 Å². The largest absolute Gasteiger partial charge is 0.376 e. The van der Waals surface area contributed by atoms with Crippen LogP contribution in [0.1, 0.15) is 51.4 Å². The fraction of sp³-hybridized carbons (Fsp3) is 0.706. The first-order valence-electron chi connectivity index (χ1n) is 7.92.